The second-order valence-electron chi connectivity index (χ2n) is 4.76. The zero-order valence-electron chi connectivity index (χ0n) is 11.0. The summed E-state index contributed by atoms with van der Waals surface area (Å²) in [5.41, 5.74) is 4.17. The molecule has 94 valence electrons. The predicted octanol–water partition coefficient (Wildman–Crippen LogP) is 2.66. The Labute approximate surface area is 109 Å². The SMILES string of the molecule is CNCc1ccc(N2CCSCC2C)cc1C. The van der Waals surface area contributed by atoms with E-state index in [9.17, 15) is 0 Å². The second-order valence-corrected chi connectivity index (χ2v) is 5.91. The van der Waals surface area contributed by atoms with Gasteiger partial charge >= 0.3 is 0 Å². The van der Waals surface area contributed by atoms with Crippen LogP contribution in [0.3, 0.4) is 0 Å². The van der Waals surface area contributed by atoms with E-state index in [0.717, 1.165) is 6.54 Å². The summed E-state index contributed by atoms with van der Waals surface area (Å²) in [5.74, 6) is 2.50. The lowest BCUT2D eigenvalue weighted by Crippen LogP contribution is -2.40. The maximum absolute atomic E-state index is 3.22. The van der Waals surface area contributed by atoms with Gasteiger partial charge in [-0.2, -0.15) is 11.8 Å². The molecule has 0 amide bonds. The highest BCUT2D eigenvalue weighted by Gasteiger charge is 2.19. The lowest BCUT2D eigenvalue weighted by Gasteiger charge is -2.35. The van der Waals surface area contributed by atoms with Gasteiger partial charge in [-0.25, -0.2) is 0 Å². The summed E-state index contributed by atoms with van der Waals surface area (Å²) in [4.78, 5) is 2.53. The molecule has 0 aromatic heterocycles. The van der Waals surface area contributed by atoms with Gasteiger partial charge in [0.2, 0.25) is 0 Å². The van der Waals surface area contributed by atoms with Crippen LogP contribution in [0.15, 0.2) is 18.2 Å². The minimum atomic E-state index is 0.656. The van der Waals surface area contributed by atoms with E-state index in [1.165, 1.54) is 34.9 Å². The topological polar surface area (TPSA) is 15.3 Å². The van der Waals surface area contributed by atoms with Gasteiger partial charge in [0.05, 0.1) is 0 Å². The van der Waals surface area contributed by atoms with Gasteiger partial charge in [-0.1, -0.05) is 6.07 Å². The van der Waals surface area contributed by atoms with Crippen LogP contribution >= 0.6 is 11.8 Å². The number of hydrogen-bond acceptors (Lipinski definition) is 3. The summed E-state index contributed by atoms with van der Waals surface area (Å²) >= 11 is 2.07. The quantitative estimate of drug-likeness (QED) is 0.888. The minimum Gasteiger partial charge on any atom is -0.367 e. The van der Waals surface area contributed by atoms with Gasteiger partial charge in [0.15, 0.2) is 0 Å². The van der Waals surface area contributed by atoms with Crippen molar-refractivity contribution in [3.05, 3.63) is 29.3 Å². The number of hydrogen-bond donors (Lipinski definition) is 1. The molecule has 2 rings (SSSR count). The van der Waals surface area contributed by atoms with Crippen molar-refractivity contribution >= 4 is 17.4 Å². The van der Waals surface area contributed by atoms with Crippen LogP contribution in [0.1, 0.15) is 18.1 Å². The maximum Gasteiger partial charge on any atom is 0.0372 e. The monoisotopic (exact) mass is 250 g/mol. The number of aryl methyl sites for hydroxylation is 1. The third-order valence-electron chi connectivity index (χ3n) is 3.39. The van der Waals surface area contributed by atoms with E-state index in [1.54, 1.807) is 0 Å². The van der Waals surface area contributed by atoms with Crippen molar-refractivity contribution in [2.75, 3.05) is 30.0 Å². The fourth-order valence-corrected chi connectivity index (χ4v) is 3.37. The van der Waals surface area contributed by atoms with Crippen LogP contribution in [0.25, 0.3) is 0 Å². The molecule has 1 unspecified atom stereocenters. The Balaban J connectivity index is 2.18. The molecule has 0 saturated carbocycles. The van der Waals surface area contributed by atoms with Crippen molar-refractivity contribution in [1.29, 1.82) is 0 Å². The summed E-state index contributed by atoms with van der Waals surface area (Å²) in [6.07, 6.45) is 0. The number of rotatable bonds is 3. The smallest absolute Gasteiger partial charge is 0.0372 e. The first-order chi connectivity index (χ1) is 8.22. The molecule has 0 spiro atoms. The molecule has 1 aromatic carbocycles. The lowest BCUT2D eigenvalue weighted by molar-refractivity contribution is 0.699. The van der Waals surface area contributed by atoms with Crippen molar-refractivity contribution in [3.63, 3.8) is 0 Å². The number of nitrogens with zero attached hydrogens (tertiary/aromatic N) is 1. The molecular formula is C14H22N2S. The average Bonchev–Trinajstić information content (AvgIpc) is 2.33. The molecule has 1 aliphatic heterocycles. The molecule has 1 aromatic rings. The fourth-order valence-electron chi connectivity index (χ4n) is 2.36. The number of benzene rings is 1. The largest absolute Gasteiger partial charge is 0.367 e. The first kappa shape index (κ1) is 12.8. The van der Waals surface area contributed by atoms with E-state index in [-0.39, 0.29) is 0 Å². The number of anilines is 1. The molecule has 1 saturated heterocycles. The molecule has 3 heteroatoms. The summed E-state index contributed by atoms with van der Waals surface area (Å²) < 4.78 is 0. The molecule has 0 aliphatic carbocycles. The van der Waals surface area contributed by atoms with Crippen LogP contribution in [0, 0.1) is 6.92 Å². The van der Waals surface area contributed by atoms with Crippen molar-refractivity contribution in [2.45, 2.75) is 26.4 Å². The van der Waals surface area contributed by atoms with Crippen molar-refractivity contribution < 1.29 is 0 Å². The minimum absolute atomic E-state index is 0.656. The molecule has 1 fully saturated rings. The second kappa shape index (κ2) is 5.78. The molecule has 0 radical (unpaired) electrons. The third-order valence-corrected chi connectivity index (χ3v) is 4.58. The first-order valence-electron chi connectivity index (χ1n) is 6.31. The Hall–Kier alpha value is -0.670. The zero-order chi connectivity index (χ0) is 12.3. The maximum atomic E-state index is 3.22. The van der Waals surface area contributed by atoms with Crippen LogP contribution in [0.4, 0.5) is 5.69 Å². The third kappa shape index (κ3) is 2.96. The van der Waals surface area contributed by atoms with E-state index in [1.807, 2.05) is 7.05 Å². The van der Waals surface area contributed by atoms with E-state index in [4.69, 9.17) is 0 Å². The number of thioether (sulfide) groups is 1. The van der Waals surface area contributed by atoms with Crippen LogP contribution in [-0.2, 0) is 6.54 Å². The summed E-state index contributed by atoms with van der Waals surface area (Å²) in [6.45, 7) is 6.66. The molecule has 1 N–H and O–H groups in total. The Kier molecular flexibility index (Phi) is 4.35. The van der Waals surface area contributed by atoms with Crippen LogP contribution in [0.5, 0.6) is 0 Å². The Bertz CT molecular complexity index is 378. The van der Waals surface area contributed by atoms with Gasteiger partial charge in [-0.3, -0.25) is 0 Å². The Morgan fingerprint density at radius 1 is 1.47 bits per heavy atom. The highest BCUT2D eigenvalue weighted by Crippen LogP contribution is 2.25. The Morgan fingerprint density at radius 3 is 2.94 bits per heavy atom. The van der Waals surface area contributed by atoms with Gasteiger partial charge in [0.25, 0.3) is 0 Å². The zero-order valence-corrected chi connectivity index (χ0v) is 11.8. The van der Waals surface area contributed by atoms with Crippen LogP contribution in [-0.4, -0.2) is 31.1 Å². The van der Waals surface area contributed by atoms with Crippen molar-refractivity contribution in [3.8, 4) is 0 Å². The summed E-state index contributed by atoms with van der Waals surface area (Å²) in [7, 11) is 2.00. The van der Waals surface area contributed by atoms with E-state index >= 15 is 0 Å². The number of nitrogens with one attached hydrogen (secondary N) is 1. The van der Waals surface area contributed by atoms with Crippen molar-refractivity contribution in [1.82, 2.24) is 5.32 Å². The van der Waals surface area contributed by atoms with Crippen molar-refractivity contribution in [2.24, 2.45) is 0 Å². The van der Waals surface area contributed by atoms with Gasteiger partial charge in [0, 0.05) is 36.3 Å². The molecule has 17 heavy (non-hydrogen) atoms. The molecule has 1 heterocycles. The van der Waals surface area contributed by atoms with Gasteiger partial charge < -0.3 is 10.2 Å². The fraction of sp³-hybridized carbons (Fsp3) is 0.571. The Morgan fingerprint density at radius 2 is 2.29 bits per heavy atom. The molecule has 1 aliphatic rings. The van der Waals surface area contributed by atoms with Gasteiger partial charge in [0.1, 0.15) is 0 Å². The summed E-state index contributed by atoms with van der Waals surface area (Å²) in [6, 6.07) is 7.52. The first-order valence-corrected chi connectivity index (χ1v) is 7.46. The average molecular weight is 250 g/mol. The van der Waals surface area contributed by atoms with Gasteiger partial charge in [-0.15, -0.1) is 0 Å². The highest BCUT2D eigenvalue weighted by atomic mass is 32.2. The standard InChI is InChI=1S/C14H22N2S/c1-11-8-14(5-4-13(11)9-15-3)16-6-7-17-10-12(16)2/h4-5,8,12,15H,6-7,9-10H2,1-3H3. The normalized spacial score (nSPS) is 20.6. The molecular weight excluding hydrogens is 228 g/mol. The molecule has 2 nitrogen and oxygen atoms in total. The lowest BCUT2D eigenvalue weighted by atomic mass is 10.1. The molecule has 0 bridgehead atoms. The molecule has 1 atom stereocenters. The van der Waals surface area contributed by atoms with E-state index in [0.29, 0.717) is 6.04 Å². The summed E-state index contributed by atoms with van der Waals surface area (Å²) in [5, 5.41) is 3.22. The highest BCUT2D eigenvalue weighted by molar-refractivity contribution is 7.99. The van der Waals surface area contributed by atoms with E-state index < -0.39 is 0 Å². The van der Waals surface area contributed by atoms with E-state index in [2.05, 4.69) is 54.0 Å². The van der Waals surface area contributed by atoms with Gasteiger partial charge in [-0.05, 0) is 44.2 Å². The van der Waals surface area contributed by atoms with Crippen LogP contribution in [0.2, 0.25) is 0 Å². The predicted molar refractivity (Wildman–Crippen MR) is 78.1 cm³/mol. The van der Waals surface area contributed by atoms with Crippen LogP contribution < -0.4 is 10.2 Å².